The van der Waals surface area contributed by atoms with E-state index in [1.807, 2.05) is 0 Å². The Bertz CT molecular complexity index is 916. The summed E-state index contributed by atoms with van der Waals surface area (Å²) >= 11 is 0. The van der Waals surface area contributed by atoms with Gasteiger partial charge in [-0.2, -0.15) is 0 Å². The summed E-state index contributed by atoms with van der Waals surface area (Å²) in [5.74, 6) is 1.28. The molecule has 214 valence electrons. The molecule has 0 amide bonds. The molecule has 1 fully saturated rings. The maximum atomic E-state index is 14.8. The van der Waals surface area contributed by atoms with Crippen LogP contribution < -0.4 is 5.32 Å². The van der Waals surface area contributed by atoms with Crippen molar-refractivity contribution in [2.45, 2.75) is 132 Å². The predicted molar refractivity (Wildman–Crippen MR) is 168 cm³/mol. The fourth-order valence-electron chi connectivity index (χ4n) is 4.57. The normalized spacial score (nSPS) is 16.4. The molecule has 0 aromatic heterocycles. The topological polar surface area (TPSA) is 24.4 Å². The number of alkyl halides is 1. The molecule has 1 aromatic carbocycles. The van der Waals surface area contributed by atoms with Gasteiger partial charge in [0, 0.05) is 17.3 Å². The zero-order valence-corrected chi connectivity index (χ0v) is 26.0. The van der Waals surface area contributed by atoms with E-state index in [4.69, 9.17) is 4.99 Å². The van der Waals surface area contributed by atoms with Gasteiger partial charge < -0.3 is 5.32 Å². The molecule has 0 radical (unpaired) electrons. The van der Waals surface area contributed by atoms with Crippen molar-refractivity contribution in [2.75, 3.05) is 6.54 Å². The maximum absolute atomic E-state index is 14.8. The number of nitrogens with zero attached hydrogens (tertiary/aromatic N) is 1. The number of rotatable bonds is 15. The Labute approximate surface area is 235 Å². The smallest absolute Gasteiger partial charge is 0.123 e. The lowest BCUT2D eigenvalue weighted by atomic mass is 9.92. The molecule has 2 rings (SSSR count). The van der Waals surface area contributed by atoms with Gasteiger partial charge in [-0.1, -0.05) is 97.2 Å². The molecule has 1 saturated carbocycles. The van der Waals surface area contributed by atoms with Crippen LogP contribution in [0.15, 0.2) is 58.8 Å². The van der Waals surface area contributed by atoms with Gasteiger partial charge in [-0.3, -0.25) is 4.99 Å². The van der Waals surface area contributed by atoms with Crippen LogP contribution in [-0.4, -0.2) is 18.3 Å². The van der Waals surface area contributed by atoms with E-state index in [2.05, 4.69) is 103 Å². The average molecular weight is 525 g/mol. The van der Waals surface area contributed by atoms with E-state index in [-0.39, 0.29) is 0 Å². The summed E-state index contributed by atoms with van der Waals surface area (Å²) < 4.78 is 14.8. The van der Waals surface area contributed by atoms with E-state index in [1.165, 1.54) is 56.2 Å². The molecule has 2 unspecified atom stereocenters. The Balaban J connectivity index is 0.00000229. The lowest BCUT2D eigenvalue weighted by molar-refractivity contribution is 0.373. The molecule has 0 heterocycles. The standard InChI is InChI=1S/C32H49FN2.C3H8/c1-8-10-12-13-24(5)32(30-18-17-28(27-15-16-27)22-31(30)26(7)33)34-20-19-25(6)35-29(14-11-9-2)21-23(3)4;1-3-2/h10,12-13,17-19,22-23,26-27,29,35H,8-9,11,14-16,20-21H2,1-7H3;3H2,1-2H3/b12-10-,24-13+,25-19+,34-32?;. The summed E-state index contributed by atoms with van der Waals surface area (Å²) in [6.45, 7) is 19.6. The minimum atomic E-state index is -1.03. The van der Waals surface area contributed by atoms with E-state index < -0.39 is 6.17 Å². The number of aliphatic imine (C=N–C) groups is 1. The molecule has 38 heavy (non-hydrogen) atoms. The van der Waals surface area contributed by atoms with Crippen molar-refractivity contribution in [3.63, 3.8) is 0 Å². The fourth-order valence-corrected chi connectivity index (χ4v) is 4.57. The zero-order valence-electron chi connectivity index (χ0n) is 26.0. The molecule has 0 bridgehead atoms. The summed E-state index contributed by atoms with van der Waals surface area (Å²) in [6.07, 6.45) is 17.0. The largest absolute Gasteiger partial charge is 0.386 e. The zero-order chi connectivity index (χ0) is 28.5. The predicted octanol–water partition coefficient (Wildman–Crippen LogP) is 10.8. The quantitative estimate of drug-likeness (QED) is 0.179. The monoisotopic (exact) mass is 524 g/mol. The van der Waals surface area contributed by atoms with Gasteiger partial charge in [-0.05, 0) is 87.5 Å². The number of hydrogen-bond acceptors (Lipinski definition) is 2. The highest BCUT2D eigenvalue weighted by Crippen LogP contribution is 2.41. The number of hydrogen-bond donors (Lipinski definition) is 1. The van der Waals surface area contributed by atoms with Crippen molar-refractivity contribution in [1.82, 2.24) is 5.32 Å². The van der Waals surface area contributed by atoms with Crippen LogP contribution in [-0.2, 0) is 0 Å². The molecule has 2 atom stereocenters. The third-order valence-electron chi connectivity index (χ3n) is 6.64. The third kappa shape index (κ3) is 13.1. The molecular formula is C35H57FN2. The summed E-state index contributed by atoms with van der Waals surface area (Å²) in [5, 5.41) is 3.73. The van der Waals surface area contributed by atoms with E-state index in [9.17, 15) is 4.39 Å². The second-order valence-corrected chi connectivity index (χ2v) is 11.3. The first-order valence-corrected chi connectivity index (χ1v) is 15.3. The van der Waals surface area contributed by atoms with Crippen LogP contribution in [0.3, 0.4) is 0 Å². The van der Waals surface area contributed by atoms with Crippen molar-refractivity contribution in [2.24, 2.45) is 10.9 Å². The summed E-state index contributed by atoms with van der Waals surface area (Å²) in [4.78, 5) is 5.01. The molecule has 3 heteroatoms. The molecule has 0 spiro atoms. The van der Waals surface area contributed by atoms with Gasteiger partial charge in [0.1, 0.15) is 6.17 Å². The Morgan fingerprint density at radius 1 is 1.11 bits per heavy atom. The van der Waals surface area contributed by atoms with Crippen LogP contribution in [0, 0.1) is 5.92 Å². The highest BCUT2D eigenvalue weighted by molar-refractivity contribution is 6.13. The van der Waals surface area contributed by atoms with E-state index in [0.29, 0.717) is 24.4 Å². The van der Waals surface area contributed by atoms with Crippen LogP contribution in [0.5, 0.6) is 0 Å². The number of halogens is 1. The lowest BCUT2D eigenvalue weighted by Crippen LogP contribution is -2.29. The molecule has 2 nitrogen and oxygen atoms in total. The molecule has 1 N–H and O–H groups in total. The SMILES string of the molecule is CC/C=C\C=C(/C)C(=NC/C=C(\C)NC(CCCC)CC(C)C)c1ccc(C2CC2)cc1C(C)F.CCC. The van der Waals surface area contributed by atoms with Gasteiger partial charge in [0.25, 0.3) is 0 Å². The third-order valence-corrected chi connectivity index (χ3v) is 6.64. The van der Waals surface area contributed by atoms with Crippen molar-refractivity contribution >= 4 is 5.71 Å². The van der Waals surface area contributed by atoms with Crippen LogP contribution in [0.4, 0.5) is 4.39 Å². The number of nitrogens with one attached hydrogen (secondary N) is 1. The van der Waals surface area contributed by atoms with Gasteiger partial charge in [0.2, 0.25) is 0 Å². The molecule has 0 aliphatic heterocycles. The summed E-state index contributed by atoms with van der Waals surface area (Å²) in [6, 6.07) is 6.85. The van der Waals surface area contributed by atoms with E-state index >= 15 is 0 Å². The molecular weight excluding hydrogens is 467 g/mol. The van der Waals surface area contributed by atoms with Crippen LogP contribution in [0.25, 0.3) is 0 Å². The van der Waals surface area contributed by atoms with Crippen LogP contribution >= 0.6 is 0 Å². The Kier molecular flexibility index (Phi) is 16.9. The second-order valence-electron chi connectivity index (χ2n) is 11.3. The fraction of sp³-hybridized carbons (Fsp3) is 0.629. The second kappa shape index (κ2) is 19.0. The first kappa shape index (κ1) is 33.9. The van der Waals surface area contributed by atoms with Crippen molar-refractivity contribution in [3.05, 3.63) is 70.5 Å². The molecule has 1 aliphatic rings. The van der Waals surface area contributed by atoms with Gasteiger partial charge in [0.05, 0.1) is 12.3 Å². The summed E-state index contributed by atoms with van der Waals surface area (Å²) in [7, 11) is 0. The minimum absolute atomic E-state index is 0.504. The first-order chi connectivity index (χ1) is 18.2. The number of benzene rings is 1. The van der Waals surface area contributed by atoms with Gasteiger partial charge >= 0.3 is 0 Å². The lowest BCUT2D eigenvalue weighted by Gasteiger charge is -2.22. The molecule has 0 saturated heterocycles. The Hall–Kier alpha value is -2.16. The highest BCUT2D eigenvalue weighted by atomic mass is 19.1. The Morgan fingerprint density at radius 3 is 2.34 bits per heavy atom. The number of allylic oxidation sites excluding steroid dienone is 5. The number of unbranched alkanes of at least 4 members (excludes halogenated alkanes) is 1. The van der Waals surface area contributed by atoms with Crippen molar-refractivity contribution in [1.29, 1.82) is 0 Å². The minimum Gasteiger partial charge on any atom is -0.386 e. The maximum Gasteiger partial charge on any atom is 0.123 e. The highest BCUT2D eigenvalue weighted by Gasteiger charge is 2.25. The van der Waals surface area contributed by atoms with Crippen LogP contribution in [0.2, 0.25) is 0 Å². The van der Waals surface area contributed by atoms with Gasteiger partial charge in [-0.15, -0.1) is 0 Å². The van der Waals surface area contributed by atoms with Crippen molar-refractivity contribution in [3.8, 4) is 0 Å². The van der Waals surface area contributed by atoms with Gasteiger partial charge in [0.15, 0.2) is 0 Å². The average Bonchev–Trinajstić information content (AvgIpc) is 3.71. The molecule has 1 aliphatic carbocycles. The first-order valence-electron chi connectivity index (χ1n) is 15.3. The van der Waals surface area contributed by atoms with E-state index in [1.54, 1.807) is 6.92 Å². The van der Waals surface area contributed by atoms with Crippen LogP contribution in [0.1, 0.15) is 142 Å². The summed E-state index contributed by atoms with van der Waals surface area (Å²) in [5.41, 5.74) is 6.07. The van der Waals surface area contributed by atoms with E-state index in [0.717, 1.165) is 28.8 Å². The van der Waals surface area contributed by atoms with Crippen molar-refractivity contribution < 1.29 is 4.39 Å². The molecule has 1 aromatic rings. The Morgan fingerprint density at radius 2 is 1.79 bits per heavy atom. The van der Waals surface area contributed by atoms with Gasteiger partial charge in [-0.25, -0.2) is 4.39 Å².